The molecule has 1 aromatic heterocycles. The predicted molar refractivity (Wildman–Crippen MR) is 111 cm³/mol. The van der Waals surface area contributed by atoms with Gasteiger partial charge in [0.05, 0.1) is 17.9 Å². The summed E-state index contributed by atoms with van der Waals surface area (Å²) in [7, 11) is 3.40. The molecule has 162 valence electrons. The zero-order valence-corrected chi connectivity index (χ0v) is 17.7. The second-order valence-corrected chi connectivity index (χ2v) is 7.60. The summed E-state index contributed by atoms with van der Waals surface area (Å²) in [4.78, 5) is 27.0. The smallest absolute Gasteiger partial charge is 0.294 e. The monoisotopic (exact) mass is 416 g/mol. The first kappa shape index (κ1) is 21.8. The summed E-state index contributed by atoms with van der Waals surface area (Å²) >= 11 is 0. The van der Waals surface area contributed by atoms with Gasteiger partial charge >= 0.3 is 0 Å². The van der Waals surface area contributed by atoms with E-state index in [-0.39, 0.29) is 29.7 Å². The van der Waals surface area contributed by atoms with Crippen molar-refractivity contribution in [1.82, 2.24) is 15.4 Å². The maximum atomic E-state index is 13.1. The van der Waals surface area contributed by atoms with E-state index in [1.165, 1.54) is 12.3 Å². The summed E-state index contributed by atoms with van der Waals surface area (Å²) in [5.41, 5.74) is 0.909. The standard InChI is InChI=1S/C21H28N4O5/c1-13-10-22-14(2)12-29-18-9-15(24-20(26)17-7-8-23-30-17)5-6-16(18)21(27)25(3)11-19(13)28-4/h5-9,13-14,19,22H,10-12H2,1-4H3,(H,24,26)/t13-,14+,19-/m1/s1. The van der Waals surface area contributed by atoms with Crippen LogP contribution in [0.2, 0.25) is 0 Å². The molecule has 1 aliphatic heterocycles. The maximum Gasteiger partial charge on any atom is 0.294 e. The van der Waals surface area contributed by atoms with Gasteiger partial charge in [-0.05, 0) is 25.0 Å². The van der Waals surface area contributed by atoms with Gasteiger partial charge in [-0.3, -0.25) is 9.59 Å². The van der Waals surface area contributed by atoms with E-state index in [9.17, 15) is 9.59 Å². The molecule has 0 saturated heterocycles. The number of methoxy groups -OCH3 is 1. The number of anilines is 1. The van der Waals surface area contributed by atoms with Crippen molar-refractivity contribution in [3.63, 3.8) is 0 Å². The van der Waals surface area contributed by atoms with E-state index in [1.54, 1.807) is 37.3 Å². The molecule has 2 N–H and O–H groups in total. The average molecular weight is 416 g/mol. The molecule has 0 unspecified atom stereocenters. The van der Waals surface area contributed by atoms with Gasteiger partial charge in [-0.1, -0.05) is 12.1 Å². The minimum atomic E-state index is -0.434. The lowest BCUT2D eigenvalue weighted by molar-refractivity contribution is 0.0281. The fraction of sp³-hybridized carbons (Fsp3) is 0.476. The Morgan fingerprint density at radius 1 is 1.33 bits per heavy atom. The van der Waals surface area contributed by atoms with Gasteiger partial charge in [-0.25, -0.2) is 0 Å². The van der Waals surface area contributed by atoms with Gasteiger partial charge in [-0.2, -0.15) is 0 Å². The fourth-order valence-corrected chi connectivity index (χ4v) is 3.26. The lowest BCUT2D eigenvalue weighted by Crippen LogP contribution is -2.44. The molecule has 0 spiro atoms. The van der Waals surface area contributed by atoms with Gasteiger partial charge in [-0.15, -0.1) is 0 Å². The van der Waals surface area contributed by atoms with E-state index < -0.39 is 5.91 Å². The first-order valence-corrected chi connectivity index (χ1v) is 9.89. The number of carbonyl (C=O) groups is 2. The normalized spacial score (nSPS) is 23.0. The molecule has 9 nitrogen and oxygen atoms in total. The summed E-state index contributed by atoms with van der Waals surface area (Å²) in [6, 6.07) is 6.49. The van der Waals surface area contributed by atoms with Crippen molar-refractivity contribution < 1.29 is 23.6 Å². The Balaban J connectivity index is 1.87. The number of ether oxygens (including phenoxy) is 2. The van der Waals surface area contributed by atoms with Crippen LogP contribution in [0.4, 0.5) is 5.69 Å². The van der Waals surface area contributed by atoms with Crippen molar-refractivity contribution >= 4 is 17.5 Å². The molecular formula is C21H28N4O5. The summed E-state index contributed by atoms with van der Waals surface area (Å²) < 4.78 is 16.5. The molecule has 1 aliphatic rings. The average Bonchev–Trinajstić information content (AvgIpc) is 3.28. The molecule has 0 bridgehead atoms. The van der Waals surface area contributed by atoms with Crippen LogP contribution in [0.25, 0.3) is 0 Å². The van der Waals surface area contributed by atoms with Crippen molar-refractivity contribution in [3.05, 3.63) is 41.8 Å². The minimum absolute atomic E-state index is 0.0671. The number of fused-ring (bicyclic) bond motifs is 1. The molecule has 3 atom stereocenters. The van der Waals surface area contributed by atoms with E-state index >= 15 is 0 Å². The van der Waals surface area contributed by atoms with Crippen LogP contribution in [0.3, 0.4) is 0 Å². The predicted octanol–water partition coefficient (Wildman–Crippen LogP) is 2.02. The SMILES string of the molecule is CO[C@@H]1CN(C)C(=O)c2ccc(NC(=O)c3ccno3)cc2OC[C@H](C)NC[C@H]1C. The van der Waals surface area contributed by atoms with E-state index in [4.69, 9.17) is 14.0 Å². The lowest BCUT2D eigenvalue weighted by Gasteiger charge is -2.30. The maximum absolute atomic E-state index is 13.1. The van der Waals surface area contributed by atoms with Crippen LogP contribution in [-0.2, 0) is 4.74 Å². The van der Waals surface area contributed by atoms with Gasteiger partial charge in [0, 0.05) is 51.1 Å². The lowest BCUT2D eigenvalue weighted by atomic mass is 10.0. The Hall–Kier alpha value is -2.91. The number of benzene rings is 1. The minimum Gasteiger partial charge on any atom is -0.491 e. The molecule has 0 radical (unpaired) electrons. The van der Waals surface area contributed by atoms with Crippen LogP contribution < -0.4 is 15.4 Å². The summed E-state index contributed by atoms with van der Waals surface area (Å²) in [5.74, 6) is 0.111. The van der Waals surface area contributed by atoms with E-state index in [0.717, 1.165) is 6.54 Å². The first-order chi connectivity index (χ1) is 14.4. The largest absolute Gasteiger partial charge is 0.491 e. The Morgan fingerprint density at radius 2 is 2.13 bits per heavy atom. The molecule has 0 saturated carbocycles. The zero-order valence-electron chi connectivity index (χ0n) is 17.7. The van der Waals surface area contributed by atoms with Crippen molar-refractivity contribution in [3.8, 4) is 5.75 Å². The first-order valence-electron chi connectivity index (χ1n) is 9.89. The number of rotatable bonds is 3. The van der Waals surface area contributed by atoms with Gasteiger partial charge in [0.15, 0.2) is 0 Å². The highest BCUT2D eigenvalue weighted by molar-refractivity contribution is 6.03. The third-order valence-electron chi connectivity index (χ3n) is 5.15. The topological polar surface area (TPSA) is 106 Å². The second kappa shape index (κ2) is 9.73. The van der Waals surface area contributed by atoms with Crippen LogP contribution in [0, 0.1) is 5.92 Å². The Morgan fingerprint density at radius 3 is 2.83 bits per heavy atom. The highest BCUT2D eigenvalue weighted by Gasteiger charge is 2.25. The Kier molecular flexibility index (Phi) is 7.07. The third kappa shape index (κ3) is 5.17. The summed E-state index contributed by atoms with van der Waals surface area (Å²) in [6.07, 6.45) is 1.30. The molecule has 9 heteroatoms. The number of nitrogens with one attached hydrogen (secondary N) is 2. The molecule has 3 rings (SSSR count). The number of likely N-dealkylation sites (N-methyl/N-ethyl adjacent to an activating group) is 1. The summed E-state index contributed by atoms with van der Waals surface area (Å²) in [5, 5.41) is 9.70. The van der Waals surface area contributed by atoms with Crippen LogP contribution in [-0.4, -0.2) is 67.9 Å². The molecule has 2 amide bonds. The van der Waals surface area contributed by atoms with E-state index in [0.29, 0.717) is 30.2 Å². The number of carbonyl (C=O) groups excluding carboxylic acids is 2. The summed E-state index contributed by atoms with van der Waals surface area (Å²) in [6.45, 7) is 5.68. The van der Waals surface area contributed by atoms with Crippen molar-refractivity contribution in [1.29, 1.82) is 0 Å². The Bertz CT molecular complexity index is 870. The van der Waals surface area contributed by atoms with Gasteiger partial charge < -0.3 is 29.5 Å². The van der Waals surface area contributed by atoms with E-state index in [1.807, 2.05) is 6.92 Å². The van der Waals surface area contributed by atoms with Crippen LogP contribution in [0.5, 0.6) is 5.75 Å². The molecule has 0 fully saturated rings. The van der Waals surface area contributed by atoms with Gasteiger partial charge in [0.25, 0.3) is 11.8 Å². The van der Waals surface area contributed by atoms with Crippen molar-refractivity contribution in [2.75, 3.05) is 39.2 Å². The number of hydrogen-bond donors (Lipinski definition) is 2. The highest BCUT2D eigenvalue weighted by atomic mass is 16.5. The number of nitrogens with zero attached hydrogens (tertiary/aromatic N) is 2. The Labute approximate surface area is 175 Å². The van der Waals surface area contributed by atoms with Gasteiger partial charge in [0.1, 0.15) is 12.4 Å². The molecule has 2 aromatic rings. The third-order valence-corrected chi connectivity index (χ3v) is 5.15. The van der Waals surface area contributed by atoms with E-state index in [2.05, 4.69) is 22.7 Å². The molecule has 1 aromatic carbocycles. The highest BCUT2D eigenvalue weighted by Crippen LogP contribution is 2.26. The zero-order chi connectivity index (χ0) is 21.7. The fourth-order valence-electron chi connectivity index (χ4n) is 3.26. The number of amides is 2. The number of aromatic nitrogens is 1. The molecule has 30 heavy (non-hydrogen) atoms. The second-order valence-electron chi connectivity index (χ2n) is 7.60. The molecule has 0 aliphatic carbocycles. The number of hydrogen-bond acceptors (Lipinski definition) is 7. The molecular weight excluding hydrogens is 388 g/mol. The quantitative estimate of drug-likeness (QED) is 0.788. The van der Waals surface area contributed by atoms with Crippen molar-refractivity contribution in [2.45, 2.75) is 26.0 Å². The van der Waals surface area contributed by atoms with Gasteiger partial charge in [0.2, 0.25) is 5.76 Å². The van der Waals surface area contributed by atoms with Crippen LogP contribution in [0.1, 0.15) is 34.8 Å². The van der Waals surface area contributed by atoms with Crippen molar-refractivity contribution in [2.24, 2.45) is 5.92 Å². The van der Waals surface area contributed by atoms with Crippen LogP contribution >= 0.6 is 0 Å². The van der Waals surface area contributed by atoms with Crippen LogP contribution in [0.15, 0.2) is 35.0 Å². The molecule has 2 heterocycles.